The molecule has 1 fully saturated rings. The number of pyridine rings is 1. The van der Waals surface area contributed by atoms with Crippen molar-refractivity contribution in [3.05, 3.63) is 57.8 Å². The van der Waals surface area contributed by atoms with E-state index in [1.807, 2.05) is 17.9 Å². The van der Waals surface area contributed by atoms with Crippen molar-refractivity contribution in [2.24, 2.45) is 0 Å². The zero-order valence-corrected chi connectivity index (χ0v) is 16.0. The maximum atomic E-state index is 12.5. The third-order valence-electron chi connectivity index (χ3n) is 4.25. The van der Waals surface area contributed by atoms with E-state index >= 15 is 0 Å². The summed E-state index contributed by atoms with van der Waals surface area (Å²) in [7, 11) is 0. The molecule has 0 radical (unpaired) electrons. The normalized spacial score (nSPS) is 13.7. The summed E-state index contributed by atoms with van der Waals surface area (Å²) in [5, 5.41) is 16.9. The highest BCUT2D eigenvalue weighted by molar-refractivity contribution is 7.80. The number of aromatic nitrogens is 1. The fraction of sp³-hybridized carbons (Fsp3) is 0.278. The fourth-order valence-corrected chi connectivity index (χ4v) is 3.00. The average Bonchev–Trinajstić information content (AvgIpc) is 2.70. The van der Waals surface area contributed by atoms with Crippen LogP contribution in [0.25, 0.3) is 0 Å². The first kappa shape index (κ1) is 19.6. The number of ether oxygens (including phenoxy) is 1. The minimum absolute atomic E-state index is 0.0618. The fourth-order valence-electron chi connectivity index (χ4n) is 2.81. The number of nitro groups is 1. The van der Waals surface area contributed by atoms with Crippen LogP contribution < -0.4 is 15.5 Å². The van der Waals surface area contributed by atoms with E-state index in [0.717, 1.165) is 5.56 Å². The second-order valence-corrected chi connectivity index (χ2v) is 6.55. The number of thiocarbonyl (C=S) groups is 1. The van der Waals surface area contributed by atoms with Crippen LogP contribution in [0, 0.1) is 17.0 Å². The highest BCUT2D eigenvalue weighted by atomic mass is 32.1. The first-order chi connectivity index (χ1) is 13.5. The van der Waals surface area contributed by atoms with Crippen LogP contribution >= 0.6 is 12.2 Å². The number of hydrogen-bond acceptors (Lipinski definition) is 7. The number of morpholine rings is 1. The van der Waals surface area contributed by atoms with Crippen LogP contribution in [0.1, 0.15) is 15.9 Å². The first-order valence-corrected chi connectivity index (χ1v) is 9.01. The molecule has 10 heteroatoms. The van der Waals surface area contributed by atoms with E-state index in [4.69, 9.17) is 17.0 Å². The Morgan fingerprint density at radius 2 is 2.07 bits per heavy atom. The molecule has 28 heavy (non-hydrogen) atoms. The van der Waals surface area contributed by atoms with E-state index in [9.17, 15) is 14.9 Å². The van der Waals surface area contributed by atoms with Crippen LogP contribution in [0.4, 0.5) is 17.2 Å². The van der Waals surface area contributed by atoms with Gasteiger partial charge in [-0.15, -0.1) is 0 Å². The molecule has 0 spiro atoms. The van der Waals surface area contributed by atoms with Gasteiger partial charge in [0.05, 0.1) is 18.1 Å². The number of carbonyl (C=O) groups excluding carboxylic acids is 1. The number of nitrogens with one attached hydrogen (secondary N) is 2. The molecule has 0 atom stereocenters. The van der Waals surface area contributed by atoms with Crippen LogP contribution in [0.5, 0.6) is 0 Å². The molecule has 1 aliphatic rings. The minimum atomic E-state index is -0.539. The van der Waals surface area contributed by atoms with Gasteiger partial charge in [-0.3, -0.25) is 20.2 Å². The average molecular weight is 401 g/mol. The minimum Gasteiger partial charge on any atom is -0.378 e. The Bertz CT molecular complexity index is 915. The first-order valence-electron chi connectivity index (χ1n) is 8.61. The van der Waals surface area contributed by atoms with Gasteiger partial charge in [0.25, 0.3) is 11.6 Å². The summed E-state index contributed by atoms with van der Waals surface area (Å²) in [5.74, 6) is -0.0100. The standard InChI is InChI=1S/C18H19N5O4S/c1-12-3-2-6-19-16(12)20-18(28)21-17(24)13-4-5-14(15(11-13)23(25)26)22-7-9-27-10-8-22/h2-6,11H,7-10H2,1H3,(H2,19,20,21,24,28). The lowest BCUT2D eigenvalue weighted by Gasteiger charge is -2.28. The van der Waals surface area contributed by atoms with Crippen molar-refractivity contribution >= 4 is 40.4 Å². The Hall–Kier alpha value is -3.11. The zero-order valence-electron chi connectivity index (χ0n) is 15.2. The van der Waals surface area contributed by atoms with Gasteiger partial charge in [-0.05, 0) is 42.9 Å². The van der Waals surface area contributed by atoms with Crippen molar-refractivity contribution in [3.8, 4) is 0 Å². The lowest BCUT2D eigenvalue weighted by Crippen LogP contribution is -2.37. The van der Waals surface area contributed by atoms with Gasteiger partial charge in [0.15, 0.2) is 5.11 Å². The van der Waals surface area contributed by atoms with Gasteiger partial charge in [0.2, 0.25) is 0 Å². The van der Waals surface area contributed by atoms with Crippen molar-refractivity contribution in [3.63, 3.8) is 0 Å². The molecule has 0 unspecified atom stereocenters. The molecule has 0 saturated carbocycles. The molecule has 1 saturated heterocycles. The molecule has 1 aliphatic heterocycles. The number of rotatable bonds is 4. The molecule has 1 aromatic heterocycles. The number of aryl methyl sites for hydroxylation is 1. The van der Waals surface area contributed by atoms with Gasteiger partial charge >= 0.3 is 0 Å². The molecule has 2 aromatic rings. The summed E-state index contributed by atoms with van der Waals surface area (Å²) >= 11 is 5.15. The smallest absolute Gasteiger partial charge is 0.293 e. The van der Waals surface area contributed by atoms with Gasteiger partial charge in [0.1, 0.15) is 11.5 Å². The lowest BCUT2D eigenvalue weighted by molar-refractivity contribution is -0.384. The van der Waals surface area contributed by atoms with E-state index in [0.29, 0.717) is 37.8 Å². The van der Waals surface area contributed by atoms with Crippen LogP contribution in [0.15, 0.2) is 36.5 Å². The zero-order chi connectivity index (χ0) is 20.1. The van der Waals surface area contributed by atoms with Gasteiger partial charge in [-0.1, -0.05) is 6.07 Å². The maximum Gasteiger partial charge on any atom is 0.293 e. The topological polar surface area (TPSA) is 110 Å². The van der Waals surface area contributed by atoms with Crippen LogP contribution in [0.3, 0.4) is 0 Å². The predicted octanol–water partition coefficient (Wildman–Crippen LogP) is 2.26. The summed E-state index contributed by atoms with van der Waals surface area (Å²) < 4.78 is 5.28. The number of nitro benzene ring substituents is 1. The SMILES string of the molecule is Cc1cccnc1NC(=S)NC(=O)c1ccc(N2CCOCC2)c([N+](=O)[O-])c1. The quantitative estimate of drug-likeness (QED) is 0.456. The number of amides is 1. The molecule has 2 heterocycles. The van der Waals surface area contributed by atoms with Crippen LogP contribution in [0.2, 0.25) is 0 Å². The van der Waals surface area contributed by atoms with Crippen molar-refractivity contribution in [1.82, 2.24) is 10.3 Å². The van der Waals surface area contributed by atoms with Crippen molar-refractivity contribution < 1.29 is 14.5 Å². The van der Waals surface area contributed by atoms with Crippen LogP contribution in [-0.2, 0) is 4.74 Å². The largest absolute Gasteiger partial charge is 0.378 e. The summed E-state index contributed by atoms with van der Waals surface area (Å²) in [6, 6.07) is 8.03. The molecule has 2 N–H and O–H groups in total. The Balaban J connectivity index is 1.74. The Kier molecular flexibility index (Phi) is 6.12. The highest BCUT2D eigenvalue weighted by Crippen LogP contribution is 2.29. The van der Waals surface area contributed by atoms with E-state index in [1.54, 1.807) is 24.4 Å². The number of hydrogen-bond donors (Lipinski definition) is 2. The molecule has 1 amide bonds. The second kappa shape index (κ2) is 8.72. The lowest BCUT2D eigenvalue weighted by atomic mass is 10.1. The predicted molar refractivity (Wildman–Crippen MR) is 109 cm³/mol. The second-order valence-electron chi connectivity index (χ2n) is 6.14. The Morgan fingerprint density at radius 1 is 1.32 bits per heavy atom. The molecule has 9 nitrogen and oxygen atoms in total. The number of benzene rings is 1. The number of nitrogens with zero attached hydrogens (tertiary/aromatic N) is 3. The van der Waals surface area contributed by atoms with Crippen molar-refractivity contribution in [1.29, 1.82) is 0 Å². The van der Waals surface area contributed by atoms with Crippen LogP contribution in [-0.4, -0.2) is 47.2 Å². The van der Waals surface area contributed by atoms with Gasteiger partial charge in [0, 0.05) is 30.9 Å². The monoisotopic (exact) mass is 401 g/mol. The Morgan fingerprint density at radius 3 is 2.75 bits per heavy atom. The van der Waals surface area contributed by atoms with Crippen molar-refractivity contribution in [2.75, 3.05) is 36.5 Å². The third-order valence-corrected chi connectivity index (χ3v) is 4.46. The molecule has 3 rings (SSSR count). The van der Waals surface area contributed by atoms with Crippen molar-refractivity contribution in [2.45, 2.75) is 6.92 Å². The molecular formula is C18H19N5O4S. The van der Waals surface area contributed by atoms with Gasteiger partial charge < -0.3 is 15.0 Å². The third kappa shape index (κ3) is 4.59. The van der Waals surface area contributed by atoms with E-state index < -0.39 is 10.8 Å². The Labute approximate surface area is 166 Å². The number of carbonyl (C=O) groups is 1. The number of anilines is 2. The summed E-state index contributed by atoms with van der Waals surface area (Å²) in [6.07, 6.45) is 1.60. The molecular weight excluding hydrogens is 382 g/mol. The molecule has 146 valence electrons. The molecule has 0 aliphatic carbocycles. The maximum absolute atomic E-state index is 12.5. The van der Waals surface area contributed by atoms with E-state index in [2.05, 4.69) is 15.6 Å². The highest BCUT2D eigenvalue weighted by Gasteiger charge is 2.23. The molecule has 0 bridgehead atoms. The molecule has 1 aromatic carbocycles. The summed E-state index contributed by atoms with van der Waals surface area (Å²) in [6.45, 7) is 3.99. The van der Waals surface area contributed by atoms with E-state index in [-0.39, 0.29) is 16.4 Å². The van der Waals surface area contributed by atoms with Gasteiger partial charge in [-0.25, -0.2) is 4.98 Å². The summed E-state index contributed by atoms with van der Waals surface area (Å²) in [4.78, 5) is 29.5. The van der Waals surface area contributed by atoms with Gasteiger partial charge in [-0.2, -0.15) is 0 Å². The van der Waals surface area contributed by atoms with E-state index in [1.165, 1.54) is 6.07 Å². The summed E-state index contributed by atoms with van der Waals surface area (Å²) in [5.41, 5.74) is 1.35.